The number of rotatable bonds is 6. The van der Waals surface area contributed by atoms with Gasteiger partial charge in [0.05, 0.1) is 11.9 Å². The van der Waals surface area contributed by atoms with Gasteiger partial charge in [-0.15, -0.1) is 0 Å². The van der Waals surface area contributed by atoms with E-state index in [-0.39, 0.29) is 5.91 Å². The van der Waals surface area contributed by atoms with Gasteiger partial charge in [0.1, 0.15) is 6.04 Å². The second-order valence-electron chi connectivity index (χ2n) is 5.31. The van der Waals surface area contributed by atoms with E-state index in [0.717, 1.165) is 9.83 Å². The summed E-state index contributed by atoms with van der Waals surface area (Å²) < 4.78 is 26.8. The van der Waals surface area contributed by atoms with Crippen LogP contribution in [-0.4, -0.2) is 26.6 Å². The van der Waals surface area contributed by atoms with E-state index >= 15 is 0 Å². The van der Waals surface area contributed by atoms with Crippen LogP contribution in [-0.2, 0) is 14.8 Å². The molecule has 128 valence electrons. The van der Waals surface area contributed by atoms with Crippen LogP contribution in [0, 0.1) is 3.57 Å². The van der Waals surface area contributed by atoms with Gasteiger partial charge in [0.25, 0.3) is 0 Å². The van der Waals surface area contributed by atoms with Gasteiger partial charge < -0.3 is 5.32 Å². The van der Waals surface area contributed by atoms with Crippen molar-refractivity contribution in [2.75, 3.05) is 15.9 Å². The maximum Gasteiger partial charge on any atom is 0.248 e. The van der Waals surface area contributed by atoms with Crippen molar-refractivity contribution in [2.24, 2.45) is 0 Å². The van der Waals surface area contributed by atoms with E-state index in [1.807, 2.05) is 12.1 Å². The Morgan fingerprint density at radius 1 is 1.12 bits per heavy atom. The van der Waals surface area contributed by atoms with Crippen LogP contribution in [0.2, 0.25) is 0 Å². The minimum absolute atomic E-state index is 0.354. The molecule has 0 aliphatic rings. The number of para-hydroxylation sites is 1. The van der Waals surface area contributed by atoms with E-state index in [0.29, 0.717) is 17.8 Å². The molecule has 0 radical (unpaired) electrons. The maximum absolute atomic E-state index is 12.7. The monoisotopic (exact) mass is 458 g/mol. The molecular weight excluding hydrogens is 439 g/mol. The van der Waals surface area contributed by atoms with Gasteiger partial charge in [-0.05, 0) is 65.4 Å². The van der Waals surface area contributed by atoms with Gasteiger partial charge in [0.2, 0.25) is 15.9 Å². The Morgan fingerprint density at radius 2 is 1.71 bits per heavy atom. The zero-order chi connectivity index (χ0) is 17.7. The summed E-state index contributed by atoms with van der Waals surface area (Å²) in [5.74, 6) is -0.354. The summed E-state index contributed by atoms with van der Waals surface area (Å²) in [5.41, 5.74) is 1.12. The number of carbonyl (C=O) groups excluding carboxylic acids is 1. The molecule has 1 amide bonds. The van der Waals surface area contributed by atoms with Gasteiger partial charge >= 0.3 is 0 Å². The SMILES string of the molecule is CC[C@H](C(=O)Nc1ccc(I)cc1)N(c1ccccc1)S(C)(=O)=O. The molecule has 0 aliphatic carbocycles. The molecule has 2 aromatic rings. The van der Waals surface area contributed by atoms with Crippen molar-refractivity contribution in [3.05, 3.63) is 58.2 Å². The fourth-order valence-corrected chi connectivity index (χ4v) is 3.97. The molecular formula is C17H19IN2O3S. The van der Waals surface area contributed by atoms with Crippen LogP contribution < -0.4 is 9.62 Å². The van der Waals surface area contributed by atoms with Crippen LogP contribution >= 0.6 is 22.6 Å². The number of anilines is 2. The number of nitrogens with zero attached hydrogens (tertiary/aromatic N) is 1. The summed E-state index contributed by atoms with van der Waals surface area (Å²) in [5, 5.41) is 2.79. The third kappa shape index (κ3) is 4.70. The first-order chi connectivity index (χ1) is 11.3. The van der Waals surface area contributed by atoms with Crippen molar-refractivity contribution in [1.29, 1.82) is 0 Å². The standard InChI is InChI=1S/C17H19IN2O3S/c1-3-16(17(21)19-14-11-9-13(18)10-12-14)20(24(2,22)23)15-7-5-4-6-8-15/h4-12,16H,3H2,1-2H3,(H,19,21)/t16-/m1/s1. The van der Waals surface area contributed by atoms with E-state index < -0.39 is 16.1 Å². The van der Waals surface area contributed by atoms with Gasteiger partial charge in [-0.2, -0.15) is 0 Å². The van der Waals surface area contributed by atoms with Crippen molar-refractivity contribution in [3.8, 4) is 0 Å². The average molecular weight is 458 g/mol. The number of nitrogens with one attached hydrogen (secondary N) is 1. The number of hydrogen-bond acceptors (Lipinski definition) is 3. The number of hydrogen-bond donors (Lipinski definition) is 1. The van der Waals surface area contributed by atoms with Crippen LogP contribution in [0.25, 0.3) is 0 Å². The Kier molecular flexibility index (Phi) is 6.22. The molecule has 1 atom stereocenters. The molecule has 0 saturated heterocycles. The third-order valence-electron chi connectivity index (χ3n) is 3.45. The zero-order valence-corrected chi connectivity index (χ0v) is 16.4. The van der Waals surface area contributed by atoms with Gasteiger partial charge in [0.15, 0.2) is 0 Å². The van der Waals surface area contributed by atoms with E-state index in [2.05, 4.69) is 27.9 Å². The Labute approximate surface area is 156 Å². The largest absolute Gasteiger partial charge is 0.324 e. The number of carbonyl (C=O) groups is 1. The molecule has 7 heteroatoms. The van der Waals surface area contributed by atoms with Crippen LogP contribution in [0.15, 0.2) is 54.6 Å². The molecule has 24 heavy (non-hydrogen) atoms. The van der Waals surface area contributed by atoms with E-state index in [1.165, 1.54) is 4.31 Å². The first-order valence-corrected chi connectivity index (χ1v) is 10.4. The highest BCUT2D eigenvalue weighted by Crippen LogP contribution is 2.23. The maximum atomic E-state index is 12.7. The minimum Gasteiger partial charge on any atom is -0.324 e. The van der Waals surface area contributed by atoms with Crippen molar-refractivity contribution in [1.82, 2.24) is 0 Å². The summed E-state index contributed by atoms with van der Waals surface area (Å²) in [6.07, 6.45) is 1.47. The van der Waals surface area contributed by atoms with E-state index in [9.17, 15) is 13.2 Å². The van der Waals surface area contributed by atoms with Gasteiger partial charge in [-0.3, -0.25) is 9.10 Å². The van der Waals surface area contributed by atoms with Crippen molar-refractivity contribution < 1.29 is 13.2 Å². The highest BCUT2D eigenvalue weighted by molar-refractivity contribution is 14.1. The lowest BCUT2D eigenvalue weighted by atomic mass is 10.2. The van der Waals surface area contributed by atoms with E-state index in [1.54, 1.807) is 49.4 Å². The van der Waals surface area contributed by atoms with Crippen LogP contribution in [0.4, 0.5) is 11.4 Å². The second-order valence-corrected chi connectivity index (χ2v) is 8.42. The Morgan fingerprint density at radius 3 is 2.21 bits per heavy atom. The van der Waals surface area contributed by atoms with E-state index in [4.69, 9.17) is 0 Å². The van der Waals surface area contributed by atoms with Gasteiger partial charge in [-0.25, -0.2) is 8.42 Å². The van der Waals surface area contributed by atoms with Gasteiger partial charge in [0, 0.05) is 9.26 Å². The minimum atomic E-state index is -3.60. The summed E-state index contributed by atoms with van der Waals surface area (Å²) in [6.45, 7) is 1.79. The lowest BCUT2D eigenvalue weighted by Gasteiger charge is -2.30. The average Bonchev–Trinajstić information content (AvgIpc) is 2.54. The normalized spacial score (nSPS) is 12.5. The predicted molar refractivity (Wildman–Crippen MR) is 106 cm³/mol. The van der Waals surface area contributed by atoms with Gasteiger partial charge in [-0.1, -0.05) is 25.1 Å². The molecule has 0 aliphatic heterocycles. The topological polar surface area (TPSA) is 66.5 Å². The van der Waals surface area contributed by atoms with Crippen molar-refractivity contribution in [3.63, 3.8) is 0 Å². The Balaban J connectivity index is 2.32. The fraction of sp³-hybridized carbons (Fsp3) is 0.235. The molecule has 0 spiro atoms. The molecule has 0 heterocycles. The van der Waals surface area contributed by atoms with Crippen LogP contribution in [0.1, 0.15) is 13.3 Å². The van der Waals surface area contributed by atoms with Crippen LogP contribution in [0.3, 0.4) is 0 Å². The summed E-state index contributed by atoms with van der Waals surface area (Å²) in [7, 11) is -3.60. The van der Waals surface area contributed by atoms with Crippen LogP contribution in [0.5, 0.6) is 0 Å². The highest BCUT2D eigenvalue weighted by atomic mass is 127. The Hall–Kier alpha value is -1.61. The second kappa shape index (κ2) is 7.98. The molecule has 1 N–H and O–H groups in total. The first-order valence-electron chi connectivity index (χ1n) is 7.44. The molecule has 0 saturated carbocycles. The first kappa shape index (κ1) is 18.7. The summed E-state index contributed by atoms with van der Waals surface area (Å²) >= 11 is 2.18. The Bertz CT molecular complexity index is 792. The molecule has 0 aromatic heterocycles. The highest BCUT2D eigenvalue weighted by Gasteiger charge is 2.31. The number of halogens is 1. The molecule has 0 bridgehead atoms. The quantitative estimate of drug-likeness (QED) is 0.675. The lowest BCUT2D eigenvalue weighted by molar-refractivity contribution is -0.117. The zero-order valence-electron chi connectivity index (χ0n) is 13.4. The number of benzene rings is 2. The smallest absolute Gasteiger partial charge is 0.248 e. The molecule has 0 fully saturated rings. The summed E-state index contributed by atoms with van der Waals surface area (Å²) in [6, 6.07) is 15.2. The number of sulfonamides is 1. The van der Waals surface area contributed by atoms with Crippen molar-refractivity contribution in [2.45, 2.75) is 19.4 Å². The molecule has 2 rings (SSSR count). The number of amides is 1. The predicted octanol–water partition coefficient (Wildman–Crippen LogP) is 3.47. The lowest BCUT2D eigenvalue weighted by Crippen LogP contribution is -2.46. The summed E-state index contributed by atoms with van der Waals surface area (Å²) in [4.78, 5) is 12.7. The van der Waals surface area contributed by atoms with Crippen molar-refractivity contribution >= 4 is 49.9 Å². The molecule has 5 nitrogen and oxygen atoms in total. The fourth-order valence-electron chi connectivity index (χ4n) is 2.39. The third-order valence-corrected chi connectivity index (χ3v) is 5.35. The molecule has 0 unspecified atom stereocenters. The molecule has 2 aromatic carbocycles.